The molecule has 21 heavy (non-hydrogen) atoms. The second-order valence-corrected chi connectivity index (χ2v) is 7.20. The molecule has 0 unspecified atom stereocenters. The zero-order valence-corrected chi connectivity index (χ0v) is 13.6. The lowest BCUT2D eigenvalue weighted by molar-refractivity contribution is 0.606. The minimum atomic E-state index is -3.28. The molecule has 0 atom stereocenters. The standard InChI is InChI=1S/C14H14BrFN2O2S/c1-21(19,20)18-13-5-3-12(4-6-13)17-9-10-8-11(15)2-7-14(10)16/h2-8,17-18H,9H2,1H3. The predicted molar refractivity (Wildman–Crippen MR) is 86.3 cm³/mol. The van der Waals surface area contributed by atoms with Gasteiger partial charge in [-0.1, -0.05) is 15.9 Å². The molecule has 0 saturated heterocycles. The maximum atomic E-state index is 13.6. The SMILES string of the molecule is CS(=O)(=O)Nc1ccc(NCc2cc(Br)ccc2F)cc1. The Morgan fingerprint density at radius 2 is 1.71 bits per heavy atom. The molecule has 112 valence electrons. The van der Waals surface area contributed by atoms with E-state index in [4.69, 9.17) is 0 Å². The molecule has 0 spiro atoms. The first-order chi connectivity index (χ1) is 9.83. The summed E-state index contributed by atoms with van der Waals surface area (Å²) in [6.45, 7) is 0.337. The quantitative estimate of drug-likeness (QED) is 0.843. The van der Waals surface area contributed by atoms with Gasteiger partial charge in [-0.15, -0.1) is 0 Å². The van der Waals surface area contributed by atoms with Gasteiger partial charge in [0.15, 0.2) is 0 Å². The smallest absolute Gasteiger partial charge is 0.229 e. The second kappa shape index (κ2) is 6.44. The second-order valence-electron chi connectivity index (χ2n) is 4.54. The van der Waals surface area contributed by atoms with Crippen molar-refractivity contribution in [3.05, 3.63) is 58.3 Å². The first-order valence-electron chi connectivity index (χ1n) is 6.09. The maximum Gasteiger partial charge on any atom is 0.229 e. The van der Waals surface area contributed by atoms with Crippen LogP contribution in [0.1, 0.15) is 5.56 Å². The lowest BCUT2D eigenvalue weighted by Crippen LogP contribution is -2.09. The highest BCUT2D eigenvalue weighted by atomic mass is 79.9. The summed E-state index contributed by atoms with van der Waals surface area (Å²) in [6, 6.07) is 11.5. The van der Waals surface area contributed by atoms with E-state index in [2.05, 4.69) is 26.0 Å². The van der Waals surface area contributed by atoms with Crippen LogP contribution in [-0.2, 0) is 16.6 Å². The topological polar surface area (TPSA) is 58.2 Å². The fraction of sp³-hybridized carbons (Fsp3) is 0.143. The summed E-state index contributed by atoms with van der Waals surface area (Å²) >= 11 is 3.30. The van der Waals surface area contributed by atoms with E-state index in [0.717, 1.165) is 16.4 Å². The predicted octanol–water partition coefficient (Wildman–Crippen LogP) is 3.57. The number of benzene rings is 2. The Morgan fingerprint density at radius 1 is 1.10 bits per heavy atom. The molecule has 0 aliphatic rings. The number of hydrogen-bond acceptors (Lipinski definition) is 3. The average molecular weight is 373 g/mol. The van der Waals surface area contributed by atoms with Crippen LogP contribution in [0.15, 0.2) is 46.9 Å². The highest BCUT2D eigenvalue weighted by Crippen LogP contribution is 2.18. The van der Waals surface area contributed by atoms with Gasteiger partial charge in [-0.3, -0.25) is 4.72 Å². The molecule has 2 N–H and O–H groups in total. The van der Waals surface area contributed by atoms with Crippen molar-refractivity contribution in [1.29, 1.82) is 0 Å². The van der Waals surface area contributed by atoms with Crippen LogP contribution in [0, 0.1) is 5.82 Å². The third-order valence-corrected chi connectivity index (χ3v) is 3.78. The van der Waals surface area contributed by atoms with Gasteiger partial charge in [-0.2, -0.15) is 0 Å². The lowest BCUT2D eigenvalue weighted by atomic mass is 10.2. The molecule has 0 amide bonds. The van der Waals surface area contributed by atoms with Crippen molar-refractivity contribution in [2.24, 2.45) is 0 Å². The van der Waals surface area contributed by atoms with Gasteiger partial charge < -0.3 is 5.32 Å². The third kappa shape index (κ3) is 5.02. The van der Waals surface area contributed by atoms with Crippen LogP contribution in [-0.4, -0.2) is 14.7 Å². The first-order valence-corrected chi connectivity index (χ1v) is 8.77. The van der Waals surface area contributed by atoms with E-state index in [0.29, 0.717) is 17.8 Å². The fourth-order valence-corrected chi connectivity index (χ4v) is 2.72. The Labute approximate surface area is 131 Å². The number of nitrogens with one attached hydrogen (secondary N) is 2. The lowest BCUT2D eigenvalue weighted by Gasteiger charge is -2.09. The molecule has 4 nitrogen and oxygen atoms in total. The van der Waals surface area contributed by atoms with Crippen molar-refractivity contribution in [2.45, 2.75) is 6.54 Å². The Bertz CT molecular complexity index is 733. The zero-order chi connectivity index (χ0) is 15.5. The minimum absolute atomic E-state index is 0.277. The van der Waals surface area contributed by atoms with Crippen molar-refractivity contribution in [2.75, 3.05) is 16.3 Å². The van der Waals surface area contributed by atoms with Crippen LogP contribution >= 0.6 is 15.9 Å². The first kappa shape index (κ1) is 15.8. The summed E-state index contributed by atoms with van der Waals surface area (Å²) in [5.74, 6) is -0.277. The number of halogens is 2. The Hall–Kier alpha value is -1.60. The van der Waals surface area contributed by atoms with Crippen molar-refractivity contribution in [1.82, 2.24) is 0 Å². The molecule has 7 heteroatoms. The van der Waals surface area contributed by atoms with E-state index in [9.17, 15) is 12.8 Å². The molecular formula is C14H14BrFN2O2S. The van der Waals surface area contributed by atoms with E-state index >= 15 is 0 Å². The molecule has 0 bridgehead atoms. The summed E-state index contributed by atoms with van der Waals surface area (Å²) in [6.07, 6.45) is 1.09. The summed E-state index contributed by atoms with van der Waals surface area (Å²) in [5, 5.41) is 3.08. The molecule has 2 rings (SSSR count). The van der Waals surface area contributed by atoms with E-state index in [1.54, 1.807) is 36.4 Å². The molecule has 2 aromatic rings. The number of sulfonamides is 1. The van der Waals surface area contributed by atoms with Crippen molar-refractivity contribution in [3.8, 4) is 0 Å². The Morgan fingerprint density at radius 3 is 2.33 bits per heavy atom. The van der Waals surface area contributed by atoms with Crippen LogP contribution in [0.25, 0.3) is 0 Å². The highest BCUT2D eigenvalue weighted by Gasteiger charge is 2.04. The molecule has 0 aromatic heterocycles. The van der Waals surface area contributed by atoms with Crippen LogP contribution in [0.3, 0.4) is 0 Å². The molecule has 2 aromatic carbocycles. The van der Waals surface area contributed by atoms with Crippen molar-refractivity contribution >= 4 is 37.3 Å². The van der Waals surface area contributed by atoms with E-state index in [1.165, 1.54) is 6.07 Å². The molecule has 0 saturated carbocycles. The van der Waals surface area contributed by atoms with E-state index < -0.39 is 10.0 Å². The summed E-state index contributed by atoms with van der Waals surface area (Å²) in [5.41, 5.74) is 1.80. The van der Waals surface area contributed by atoms with Gasteiger partial charge in [0.1, 0.15) is 5.82 Å². The Balaban J connectivity index is 2.02. The van der Waals surface area contributed by atoms with Gasteiger partial charge in [0.25, 0.3) is 0 Å². The summed E-state index contributed by atoms with van der Waals surface area (Å²) in [7, 11) is -3.28. The van der Waals surface area contributed by atoms with Crippen LogP contribution in [0.5, 0.6) is 0 Å². The summed E-state index contributed by atoms with van der Waals surface area (Å²) < 4.78 is 39.0. The van der Waals surface area contributed by atoms with Gasteiger partial charge in [0.2, 0.25) is 10.0 Å². The number of rotatable bonds is 5. The van der Waals surface area contributed by atoms with Gasteiger partial charge in [0.05, 0.1) is 6.26 Å². The largest absolute Gasteiger partial charge is 0.381 e. The molecule has 0 aliphatic heterocycles. The van der Waals surface area contributed by atoms with Gasteiger partial charge >= 0.3 is 0 Å². The number of anilines is 2. The van der Waals surface area contributed by atoms with Crippen LogP contribution in [0.2, 0.25) is 0 Å². The monoisotopic (exact) mass is 372 g/mol. The average Bonchev–Trinajstić information content (AvgIpc) is 2.40. The van der Waals surface area contributed by atoms with Gasteiger partial charge in [-0.05, 0) is 42.5 Å². The van der Waals surface area contributed by atoms with Crippen molar-refractivity contribution < 1.29 is 12.8 Å². The van der Waals surface area contributed by atoms with Crippen LogP contribution in [0.4, 0.5) is 15.8 Å². The zero-order valence-electron chi connectivity index (χ0n) is 11.2. The Kier molecular flexibility index (Phi) is 4.84. The van der Waals surface area contributed by atoms with E-state index in [-0.39, 0.29) is 5.82 Å². The number of hydrogen-bond donors (Lipinski definition) is 2. The molecule has 0 radical (unpaired) electrons. The van der Waals surface area contributed by atoms with Crippen molar-refractivity contribution in [3.63, 3.8) is 0 Å². The fourth-order valence-electron chi connectivity index (χ4n) is 1.75. The maximum absolute atomic E-state index is 13.6. The summed E-state index contributed by atoms with van der Waals surface area (Å²) in [4.78, 5) is 0. The third-order valence-electron chi connectivity index (χ3n) is 2.68. The molecule has 0 fully saturated rings. The van der Waals surface area contributed by atoms with Gasteiger partial charge in [-0.25, -0.2) is 12.8 Å². The van der Waals surface area contributed by atoms with E-state index in [1.807, 2.05) is 0 Å². The highest BCUT2D eigenvalue weighted by molar-refractivity contribution is 9.10. The van der Waals surface area contributed by atoms with Gasteiger partial charge in [0, 0.05) is 28.0 Å². The van der Waals surface area contributed by atoms with Crippen LogP contribution < -0.4 is 10.0 Å². The molecule has 0 heterocycles. The normalized spacial score (nSPS) is 11.2. The molecular weight excluding hydrogens is 359 g/mol. The molecule has 0 aliphatic carbocycles. The minimum Gasteiger partial charge on any atom is -0.381 e.